The molecule has 0 bridgehead atoms. The molecular weight excluding hydrogens is 158 g/mol. The normalized spacial score (nSPS) is 31.4. The van der Waals surface area contributed by atoms with Crippen molar-refractivity contribution in [1.82, 2.24) is 0 Å². The molecule has 1 rings (SSSR count). The van der Waals surface area contributed by atoms with Crippen LogP contribution in [0, 0.1) is 11.3 Å². The van der Waals surface area contributed by atoms with Gasteiger partial charge >= 0.3 is 0 Å². The van der Waals surface area contributed by atoms with Crippen molar-refractivity contribution in [2.24, 2.45) is 5.92 Å². The van der Waals surface area contributed by atoms with Gasteiger partial charge in [0.1, 0.15) is 0 Å². The Kier molecular flexibility index (Phi) is 3.13. The highest BCUT2D eigenvalue weighted by atomic mass is 35.5. The van der Waals surface area contributed by atoms with E-state index in [4.69, 9.17) is 17.0 Å². The third-order valence-electron chi connectivity index (χ3n) is 2.32. The molecule has 1 unspecified atom stereocenters. The van der Waals surface area contributed by atoms with Gasteiger partial charge in [-0.15, -0.1) is 11.6 Å². The van der Waals surface area contributed by atoms with Crippen LogP contribution in [0.15, 0.2) is 12.2 Å². The first-order valence-electron chi connectivity index (χ1n) is 4.07. The summed E-state index contributed by atoms with van der Waals surface area (Å²) >= 11 is 6.00. The summed E-state index contributed by atoms with van der Waals surface area (Å²) in [6.45, 7) is 3.83. The molecule has 1 aliphatic carbocycles. The van der Waals surface area contributed by atoms with Crippen LogP contribution >= 0.6 is 11.6 Å². The van der Waals surface area contributed by atoms with Gasteiger partial charge in [-0.2, -0.15) is 0 Å². The highest BCUT2D eigenvalue weighted by Crippen LogP contribution is 2.31. The van der Waals surface area contributed by atoms with Crippen molar-refractivity contribution < 1.29 is 0 Å². The fourth-order valence-corrected chi connectivity index (χ4v) is 1.95. The second-order valence-corrected chi connectivity index (χ2v) is 3.80. The molecule has 0 aromatic heterocycles. The lowest BCUT2D eigenvalue weighted by atomic mass is 9.84. The van der Waals surface area contributed by atoms with Gasteiger partial charge < -0.3 is 5.41 Å². The van der Waals surface area contributed by atoms with Crippen LogP contribution in [-0.4, -0.2) is 11.6 Å². The predicted molar refractivity (Wildman–Crippen MR) is 49.5 cm³/mol. The van der Waals surface area contributed by atoms with Crippen molar-refractivity contribution >= 4 is 17.8 Å². The number of rotatable bonds is 2. The molecule has 0 aromatic carbocycles. The highest BCUT2D eigenvalue weighted by Gasteiger charge is 2.21. The van der Waals surface area contributed by atoms with E-state index in [0.29, 0.717) is 11.3 Å². The third-order valence-corrected chi connectivity index (χ3v) is 2.72. The molecule has 0 radical (unpaired) electrons. The van der Waals surface area contributed by atoms with Crippen LogP contribution in [0.3, 0.4) is 0 Å². The van der Waals surface area contributed by atoms with E-state index >= 15 is 0 Å². The van der Waals surface area contributed by atoms with E-state index < -0.39 is 0 Å². The van der Waals surface area contributed by atoms with Crippen LogP contribution in [-0.2, 0) is 0 Å². The molecule has 0 heterocycles. The second-order valence-electron chi connectivity index (χ2n) is 3.18. The minimum atomic E-state index is 0.311. The Balaban J connectivity index is 2.45. The Hall–Kier alpha value is -0.300. The number of alkyl halides is 1. The lowest BCUT2D eigenvalue weighted by Crippen LogP contribution is -2.17. The first-order valence-corrected chi connectivity index (χ1v) is 4.51. The van der Waals surface area contributed by atoms with Crippen molar-refractivity contribution in [3.05, 3.63) is 12.2 Å². The zero-order valence-corrected chi connectivity index (χ0v) is 7.40. The molecule has 62 valence electrons. The van der Waals surface area contributed by atoms with Crippen molar-refractivity contribution in [3.8, 4) is 0 Å². The summed E-state index contributed by atoms with van der Waals surface area (Å²) in [6.07, 6.45) is 5.85. The highest BCUT2D eigenvalue weighted by molar-refractivity contribution is 6.20. The Bertz CT molecular complexity index is 165. The summed E-state index contributed by atoms with van der Waals surface area (Å²) in [5.74, 6) is 0.476. The number of hydrogen-bond donors (Lipinski definition) is 1. The van der Waals surface area contributed by atoms with Gasteiger partial charge in [0.2, 0.25) is 0 Å². The molecule has 11 heavy (non-hydrogen) atoms. The molecule has 0 amide bonds. The van der Waals surface area contributed by atoms with Crippen LogP contribution < -0.4 is 0 Å². The van der Waals surface area contributed by atoms with Crippen LogP contribution in [0.25, 0.3) is 0 Å². The maximum atomic E-state index is 7.04. The van der Waals surface area contributed by atoms with Gasteiger partial charge in [0.05, 0.1) is 0 Å². The zero-order valence-electron chi connectivity index (χ0n) is 6.65. The van der Waals surface area contributed by atoms with Gasteiger partial charge in [0, 0.05) is 11.6 Å². The summed E-state index contributed by atoms with van der Waals surface area (Å²) in [5, 5.41) is 7.35. The molecule has 0 aliphatic heterocycles. The van der Waals surface area contributed by atoms with Crippen molar-refractivity contribution in [1.29, 1.82) is 5.41 Å². The fraction of sp³-hybridized carbons (Fsp3) is 0.667. The van der Waals surface area contributed by atoms with E-state index in [1.54, 1.807) is 0 Å². The Morgan fingerprint density at radius 3 is 2.82 bits per heavy atom. The topological polar surface area (TPSA) is 23.9 Å². The van der Waals surface area contributed by atoms with E-state index in [1.165, 1.54) is 12.6 Å². The van der Waals surface area contributed by atoms with Crippen LogP contribution in [0.5, 0.6) is 0 Å². The van der Waals surface area contributed by atoms with Gasteiger partial charge in [0.25, 0.3) is 0 Å². The molecule has 1 saturated carbocycles. The minimum Gasteiger partial charge on any atom is -0.308 e. The van der Waals surface area contributed by atoms with E-state index in [1.807, 2.05) is 0 Å². The summed E-state index contributed by atoms with van der Waals surface area (Å²) < 4.78 is 0. The van der Waals surface area contributed by atoms with E-state index in [-0.39, 0.29) is 0 Å². The Morgan fingerprint density at radius 2 is 2.27 bits per heavy atom. The Labute approximate surface area is 73.0 Å². The van der Waals surface area contributed by atoms with E-state index in [9.17, 15) is 0 Å². The third kappa shape index (κ3) is 2.33. The van der Waals surface area contributed by atoms with E-state index in [2.05, 4.69) is 6.58 Å². The lowest BCUT2D eigenvalue weighted by Gasteiger charge is -2.25. The first-order chi connectivity index (χ1) is 5.24. The first kappa shape index (κ1) is 8.79. The van der Waals surface area contributed by atoms with Crippen molar-refractivity contribution in [2.45, 2.75) is 31.1 Å². The number of hydrogen-bond acceptors (Lipinski definition) is 1. The molecule has 0 aromatic rings. The minimum absolute atomic E-state index is 0.311. The SMILES string of the molecule is C=C(C=N)[C@@H]1CCCC(Cl)C1. The lowest BCUT2D eigenvalue weighted by molar-refractivity contribution is 0.418. The molecular formula is C9H14ClN. The van der Waals surface area contributed by atoms with Crippen molar-refractivity contribution in [2.75, 3.05) is 0 Å². The smallest absolute Gasteiger partial charge is 0.0341 e. The standard InChI is InChI=1S/C9H14ClN/c1-7(6-11)8-3-2-4-9(10)5-8/h6,8-9,11H,1-5H2/t8-,9?/m1/s1. The molecule has 1 N–H and O–H groups in total. The largest absolute Gasteiger partial charge is 0.308 e. The van der Waals surface area contributed by atoms with Gasteiger partial charge in [-0.3, -0.25) is 0 Å². The predicted octanol–water partition coefficient (Wildman–Crippen LogP) is 2.99. The summed E-state index contributed by atoms with van der Waals surface area (Å²) in [4.78, 5) is 0. The van der Waals surface area contributed by atoms with Crippen LogP contribution in [0.4, 0.5) is 0 Å². The van der Waals surface area contributed by atoms with E-state index in [0.717, 1.165) is 24.8 Å². The number of halogens is 1. The average Bonchev–Trinajstić information content (AvgIpc) is 2.03. The molecule has 2 heteroatoms. The quantitative estimate of drug-likeness (QED) is 0.488. The molecule has 1 nitrogen and oxygen atoms in total. The van der Waals surface area contributed by atoms with Gasteiger partial charge in [0.15, 0.2) is 0 Å². The van der Waals surface area contributed by atoms with Crippen molar-refractivity contribution in [3.63, 3.8) is 0 Å². The van der Waals surface area contributed by atoms with Gasteiger partial charge in [-0.25, -0.2) is 0 Å². The monoisotopic (exact) mass is 171 g/mol. The zero-order chi connectivity index (χ0) is 8.27. The average molecular weight is 172 g/mol. The molecule has 1 aliphatic rings. The van der Waals surface area contributed by atoms with Crippen LogP contribution in [0.1, 0.15) is 25.7 Å². The summed E-state index contributed by atoms with van der Waals surface area (Å²) in [7, 11) is 0. The summed E-state index contributed by atoms with van der Waals surface area (Å²) in [6, 6.07) is 0. The second kappa shape index (κ2) is 3.91. The summed E-state index contributed by atoms with van der Waals surface area (Å²) in [5.41, 5.74) is 0.940. The molecule has 2 atom stereocenters. The maximum Gasteiger partial charge on any atom is 0.0341 e. The van der Waals surface area contributed by atoms with Gasteiger partial charge in [-0.05, 0) is 30.8 Å². The molecule has 0 saturated heterocycles. The maximum absolute atomic E-state index is 7.04. The van der Waals surface area contributed by atoms with Gasteiger partial charge in [-0.1, -0.05) is 13.0 Å². The number of nitrogens with one attached hydrogen (secondary N) is 1. The molecule has 0 spiro atoms. The number of allylic oxidation sites excluding steroid dienone is 1. The van der Waals surface area contributed by atoms with Crippen LogP contribution in [0.2, 0.25) is 0 Å². The fourth-order valence-electron chi connectivity index (χ4n) is 1.58. The molecule has 1 fully saturated rings. The Morgan fingerprint density at radius 1 is 1.55 bits per heavy atom.